The van der Waals surface area contributed by atoms with Gasteiger partial charge in [-0.2, -0.15) is 0 Å². The molecule has 1 aromatic heterocycles. The van der Waals surface area contributed by atoms with Crippen LogP contribution in [-0.2, 0) is 6.54 Å². The van der Waals surface area contributed by atoms with Gasteiger partial charge in [-0.1, -0.05) is 6.07 Å². The molecular formula is C20H35IN6O. The molecule has 2 heterocycles. The minimum atomic E-state index is -0.132. The van der Waals surface area contributed by atoms with Crippen LogP contribution in [0.1, 0.15) is 38.2 Å². The Bertz CT molecular complexity index is 595. The van der Waals surface area contributed by atoms with Crippen molar-refractivity contribution >= 4 is 35.8 Å². The summed E-state index contributed by atoms with van der Waals surface area (Å²) in [6.07, 6.45) is 5.54. The number of nitrogens with one attached hydrogen (secondary N) is 2. The van der Waals surface area contributed by atoms with Gasteiger partial charge in [0, 0.05) is 45.0 Å². The molecule has 3 N–H and O–H groups in total. The second-order valence-corrected chi connectivity index (χ2v) is 7.66. The van der Waals surface area contributed by atoms with Gasteiger partial charge in [-0.15, -0.1) is 24.0 Å². The minimum absolute atomic E-state index is 0. The van der Waals surface area contributed by atoms with E-state index in [1.54, 1.807) is 0 Å². The molecule has 1 aliphatic carbocycles. The summed E-state index contributed by atoms with van der Waals surface area (Å²) >= 11 is 0. The number of piperazine rings is 1. The zero-order chi connectivity index (χ0) is 19.1. The van der Waals surface area contributed by atoms with Gasteiger partial charge in [0.15, 0.2) is 5.96 Å². The van der Waals surface area contributed by atoms with Crippen LogP contribution in [0.2, 0.25) is 0 Å². The topological polar surface area (TPSA) is 76.0 Å². The Kier molecular flexibility index (Phi) is 9.73. The maximum absolute atomic E-state index is 9.66. The molecule has 8 heteroatoms. The van der Waals surface area contributed by atoms with Crippen molar-refractivity contribution in [1.82, 2.24) is 20.5 Å². The van der Waals surface area contributed by atoms with Crippen LogP contribution in [0.4, 0.5) is 5.82 Å². The summed E-state index contributed by atoms with van der Waals surface area (Å²) in [5.74, 6) is 1.91. The van der Waals surface area contributed by atoms with Crippen molar-refractivity contribution in [2.24, 2.45) is 4.99 Å². The molecule has 1 aromatic rings. The molecule has 0 unspecified atom stereocenters. The summed E-state index contributed by atoms with van der Waals surface area (Å²) in [6.45, 7) is 7.76. The van der Waals surface area contributed by atoms with Gasteiger partial charge in [0.25, 0.3) is 0 Å². The van der Waals surface area contributed by atoms with E-state index < -0.39 is 0 Å². The van der Waals surface area contributed by atoms with Crippen LogP contribution in [0.5, 0.6) is 0 Å². The molecule has 3 rings (SSSR count). The number of aliphatic imine (C=N–C) groups is 1. The molecule has 1 aliphatic heterocycles. The number of likely N-dealkylation sites (N-methyl/N-ethyl adjacent to an activating group) is 1. The number of nitrogens with zero attached hydrogens (tertiary/aromatic N) is 4. The number of anilines is 1. The van der Waals surface area contributed by atoms with Crippen molar-refractivity contribution in [2.75, 3.05) is 44.7 Å². The average Bonchev–Trinajstić information content (AvgIpc) is 2.69. The molecule has 1 saturated heterocycles. The van der Waals surface area contributed by atoms with Gasteiger partial charge in [0.1, 0.15) is 5.82 Å². The normalized spacial score (nSPS) is 23.8. The summed E-state index contributed by atoms with van der Waals surface area (Å²) in [7, 11) is 2.16. The van der Waals surface area contributed by atoms with Crippen molar-refractivity contribution in [3.8, 4) is 0 Å². The number of aliphatic hydroxyl groups excluding tert-OH is 1. The number of halogens is 1. The van der Waals surface area contributed by atoms with E-state index in [0.29, 0.717) is 12.6 Å². The second-order valence-electron chi connectivity index (χ2n) is 7.66. The fourth-order valence-corrected chi connectivity index (χ4v) is 3.64. The Balaban J connectivity index is 0.00000280. The molecule has 158 valence electrons. The van der Waals surface area contributed by atoms with E-state index in [1.165, 1.54) is 0 Å². The monoisotopic (exact) mass is 502 g/mol. The van der Waals surface area contributed by atoms with Crippen LogP contribution in [0.15, 0.2) is 23.3 Å². The second kappa shape index (κ2) is 11.8. The van der Waals surface area contributed by atoms with E-state index >= 15 is 0 Å². The third kappa shape index (κ3) is 7.04. The first kappa shape index (κ1) is 23.2. The Morgan fingerprint density at radius 3 is 2.50 bits per heavy atom. The summed E-state index contributed by atoms with van der Waals surface area (Å²) in [4.78, 5) is 14.1. The number of pyridine rings is 1. The summed E-state index contributed by atoms with van der Waals surface area (Å²) in [5.41, 5.74) is 1.11. The number of hydrogen-bond acceptors (Lipinski definition) is 5. The lowest BCUT2D eigenvalue weighted by atomic mass is 9.93. The molecule has 28 heavy (non-hydrogen) atoms. The van der Waals surface area contributed by atoms with Gasteiger partial charge in [0.05, 0.1) is 12.6 Å². The van der Waals surface area contributed by atoms with E-state index in [4.69, 9.17) is 4.99 Å². The van der Waals surface area contributed by atoms with Gasteiger partial charge in [-0.25, -0.2) is 9.98 Å². The van der Waals surface area contributed by atoms with E-state index in [9.17, 15) is 5.11 Å². The summed E-state index contributed by atoms with van der Waals surface area (Å²) < 4.78 is 0. The van der Waals surface area contributed by atoms with Crippen LogP contribution in [0, 0.1) is 0 Å². The highest BCUT2D eigenvalue weighted by molar-refractivity contribution is 14.0. The summed E-state index contributed by atoms with van der Waals surface area (Å²) in [6, 6.07) is 4.63. The number of guanidine groups is 1. The molecule has 2 fully saturated rings. The average molecular weight is 502 g/mol. The molecule has 0 bridgehead atoms. The Hall–Kier alpha value is -1.13. The van der Waals surface area contributed by atoms with Gasteiger partial charge >= 0.3 is 0 Å². The molecule has 0 atom stereocenters. The summed E-state index contributed by atoms with van der Waals surface area (Å²) in [5, 5.41) is 16.5. The SMILES string of the molecule is CCNC(=NCc1ccc(N2CCN(C)CC2)nc1)NC1CCC(O)CC1.I. The lowest BCUT2D eigenvalue weighted by Crippen LogP contribution is -2.45. The van der Waals surface area contributed by atoms with Crippen LogP contribution in [-0.4, -0.2) is 72.9 Å². The van der Waals surface area contributed by atoms with E-state index in [2.05, 4.69) is 51.5 Å². The number of aliphatic hydroxyl groups is 1. The van der Waals surface area contributed by atoms with Crippen molar-refractivity contribution in [1.29, 1.82) is 0 Å². The minimum Gasteiger partial charge on any atom is -0.393 e. The van der Waals surface area contributed by atoms with Gasteiger partial charge in [-0.3, -0.25) is 0 Å². The maximum Gasteiger partial charge on any atom is 0.191 e. The van der Waals surface area contributed by atoms with E-state index in [-0.39, 0.29) is 30.1 Å². The number of aromatic nitrogens is 1. The predicted molar refractivity (Wildman–Crippen MR) is 126 cm³/mol. The smallest absolute Gasteiger partial charge is 0.191 e. The molecule has 2 aliphatic rings. The van der Waals surface area contributed by atoms with Crippen LogP contribution < -0.4 is 15.5 Å². The fraction of sp³-hybridized carbons (Fsp3) is 0.700. The van der Waals surface area contributed by atoms with E-state index in [1.807, 2.05) is 6.20 Å². The molecule has 0 amide bonds. The first-order chi connectivity index (χ1) is 13.1. The van der Waals surface area contributed by atoms with Gasteiger partial charge in [0.2, 0.25) is 0 Å². The third-order valence-electron chi connectivity index (χ3n) is 5.44. The highest BCUT2D eigenvalue weighted by Crippen LogP contribution is 2.18. The Morgan fingerprint density at radius 1 is 1.18 bits per heavy atom. The van der Waals surface area contributed by atoms with Crippen LogP contribution >= 0.6 is 24.0 Å². The molecule has 0 aromatic carbocycles. The quantitative estimate of drug-likeness (QED) is 0.324. The van der Waals surface area contributed by atoms with Crippen LogP contribution in [0.25, 0.3) is 0 Å². The zero-order valence-electron chi connectivity index (χ0n) is 17.1. The van der Waals surface area contributed by atoms with Gasteiger partial charge < -0.3 is 25.5 Å². The lowest BCUT2D eigenvalue weighted by molar-refractivity contribution is 0.120. The van der Waals surface area contributed by atoms with E-state index in [0.717, 1.165) is 75.7 Å². The Labute approximate surface area is 186 Å². The number of hydrogen-bond donors (Lipinski definition) is 3. The molecule has 1 saturated carbocycles. The highest BCUT2D eigenvalue weighted by Gasteiger charge is 2.20. The lowest BCUT2D eigenvalue weighted by Gasteiger charge is -2.33. The molecule has 7 nitrogen and oxygen atoms in total. The standard InChI is InChI=1S/C20H34N6O.HI/c1-3-21-20(24-17-5-7-18(27)8-6-17)23-15-16-4-9-19(22-14-16)26-12-10-25(2)11-13-26;/h4,9,14,17-18,27H,3,5-8,10-13,15H2,1-2H3,(H2,21,23,24);1H. The predicted octanol–water partition coefficient (Wildman–Crippen LogP) is 1.81. The van der Waals surface area contributed by atoms with Gasteiger partial charge in [-0.05, 0) is 51.3 Å². The van der Waals surface area contributed by atoms with Crippen LogP contribution in [0.3, 0.4) is 0 Å². The van der Waals surface area contributed by atoms with Crippen molar-refractivity contribution in [2.45, 2.75) is 51.3 Å². The fourth-order valence-electron chi connectivity index (χ4n) is 3.64. The molecule has 0 radical (unpaired) electrons. The first-order valence-electron chi connectivity index (χ1n) is 10.3. The zero-order valence-corrected chi connectivity index (χ0v) is 19.4. The Morgan fingerprint density at radius 2 is 1.89 bits per heavy atom. The maximum atomic E-state index is 9.66. The molecule has 0 spiro atoms. The third-order valence-corrected chi connectivity index (χ3v) is 5.44. The molecular weight excluding hydrogens is 467 g/mol. The van der Waals surface area contributed by atoms with Crippen molar-refractivity contribution in [3.05, 3.63) is 23.9 Å². The first-order valence-corrected chi connectivity index (χ1v) is 10.3. The van der Waals surface area contributed by atoms with Crippen molar-refractivity contribution in [3.63, 3.8) is 0 Å². The highest BCUT2D eigenvalue weighted by atomic mass is 127. The largest absolute Gasteiger partial charge is 0.393 e. The van der Waals surface area contributed by atoms with Crippen molar-refractivity contribution < 1.29 is 5.11 Å². The number of rotatable bonds is 5.